The summed E-state index contributed by atoms with van der Waals surface area (Å²) in [5, 5.41) is 2.87. The van der Waals surface area contributed by atoms with Gasteiger partial charge in [-0.3, -0.25) is 9.59 Å². The van der Waals surface area contributed by atoms with Crippen LogP contribution < -0.4 is 10.2 Å². The van der Waals surface area contributed by atoms with Gasteiger partial charge in [-0.25, -0.2) is 0 Å². The molecule has 0 spiro atoms. The van der Waals surface area contributed by atoms with Gasteiger partial charge >= 0.3 is 0 Å². The van der Waals surface area contributed by atoms with Crippen molar-refractivity contribution in [1.29, 1.82) is 0 Å². The lowest BCUT2D eigenvalue weighted by molar-refractivity contribution is -0.122. The molecule has 2 aromatic carbocycles. The number of amides is 2. The number of benzene rings is 2. The van der Waals surface area contributed by atoms with Gasteiger partial charge < -0.3 is 10.2 Å². The van der Waals surface area contributed by atoms with Crippen molar-refractivity contribution in [3.8, 4) is 0 Å². The Balaban J connectivity index is 1.72. The number of carbonyl (C=O) groups is 2. The molecule has 1 N–H and O–H groups in total. The highest BCUT2D eigenvalue weighted by atomic mass is 16.2. The van der Waals surface area contributed by atoms with Gasteiger partial charge in [0.1, 0.15) is 0 Å². The zero-order chi connectivity index (χ0) is 15.5. The lowest BCUT2D eigenvalue weighted by Gasteiger charge is -2.18. The molecule has 0 aromatic heterocycles. The number of para-hydroxylation sites is 2. The molecule has 112 valence electrons. The number of nitrogens with zero attached hydrogens (tertiary/aromatic N) is 1. The highest BCUT2D eigenvalue weighted by Crippen LogP contribution is 2.28. The average molecular weight is 294 g/mol. The van der Waals surface area contributed by atoms with E-state index in [9.17, 15) is 9.59 Å². The summed E-state index contributed by atoms with van der Waals surface area (Å²) >= 11 is 0. The number of rotatable bonds is 3. The molecule has 0 radical (unpaired) electrons. The summed E-state index contributed by atoms with van der Waals surface area (Å²) in [5.74, 6) is -0.412. The fraction of sp³-hybridized carbons (Fsp3) is 0.222. The zero-order valence-corrected chi connectivity index (χ0v) is 12.5. The Kier molecular flexibility index (Phi) is 3.92. The summed E-state index contributed by atoms with van der Waals surface area (Å²) in [5.41, 5.74) is 2.69. The van der Waals surface area contributed by atoms with Gasteiger partial charge in [0, 0.05) is 24.3 Å². The molecule has 0 unspecified atom stereocenters. The molecule has 4 heteroatoms. The molecule has 1 aliphatic rings. The Labute approximate surface area is 129 Å². The van der Waals surface area contributed by atoms with Crippen LogP contribution in [-0.2, 0) is 9.59 Å². The van der Waals surface area contributed by atoms with Crippen LogP contribution in [0.1, 0.15) is 12.0 Å². The number of aryl methyl sites for hydroxylation is 1. The van der Waals surface area contributed by atoms with Crippen LogP contribution in [0, 0.1) is 12.8 Å². The first-order valence-corrected chi connectivity index (χ1v) is 7.37. The fourth-order valence-electron chi connectivity index (χ4n) is 2.75. The highest BCUT2D eigenvalue weighted by molar-refractivity contribution is 6.03. The normalized spacial score (nSPS) is 17.6. The van der Waals surface area contributed by atoms with E-state index in [2.05, 4.69) is 5.32 Å². The van der Waals surface area contributed by atoms with Crippen molar-refractivity contribution >= 4 is 23.2 Å². The summed E-state index contributed by atoms with van der Waals surface area (Å²) in [6.45, 7) is 2.41. The molecule has 22 heavy (non-hydrogen) atoms. The van der Waals surface area contributed by atoms with Crippen LogP contribution in [-0.4, -0.2) is 18.4 Å². The predicted octanol–water partition coefficient (Wildman–Crippen LogP) is 2.99. The van der Waals surface area contributed by atoms with Gasteiger partial charge in [-0.05, 0) is 30.7 Å². The summed E-state index contributed by atoms with van der Waals surface area (Å²) in [4.78, 5) is 26.3. The number of nitrogens with one attached hydrogen (secondary N) is 1. The van der Waals surface area contributed by atoms with Gasteiger partial charge in [-0.1, -0.05) is 36.4 Å². The Morgan fingerprint density at radius 1 is 1.09 bits per heavy atom. The van der Waals surface area contributed by atoms with Crippen LogP contribution in [0.5, 0.6) is 0 Å². The van der Waals surface area contributed by atoms with E-state index < -0.39 is 0 Å². The first-order valence-electron chi connectivity index (χ1n) is 7.37. The maximum atomic E-state index is 12.3. The molecule has 2 amide bonds. The van der Waals surface area contributed by atoms with Crippen molar-refractivity contribution in [2.45, 2.75) is 13.3 Å². The van der Waals surface area contributed by atoms with Crippen molar-refractivity contribution in [3.05, 3.63) is 60.2 Å². The van der Waals surface area contributed by atoms with Gasteiger partial charge in [0.15, 0.2) is 0 Å². The number of anilines is 2. The Hall–Kier alpha value is -2.62. The standard InChI is InChI=1S/C18H18N2O2/c1-13-7-5-6-10-16(13)20-12-14(11-17(20)21)18(22)19-15-8-3-2-4-9-15/h2-10,14H,11-12H2,1H3,(H,19,22)/t14-/m1/s1. The summed E-state index contributed by atoms with van der Waals surface area (Å²) in [7, 11) is 0. The largest absolute Gasteiger partial charge is 0.326 e. The monoisotopic (exact) mass is 294 g/mol. The minimum Gasteiger partial charge on any atom is -0.326 e. The number of hydrogen-bond acceptors (Lipinski definition) is 2. The first kappa shape index (κ1) is 14.3. The van der Waals surface area contributed by atoms with Crippen LogP contribution in [0.3, 0.4) is 0 Å². The Bertz CT molecular complexity index is 697. The van der Waals surface area contributed by atoms with Gasteiger partial charge in [0.25, 0.3) is 0 Å². The van der Waals surface area contributed by atoms with Crippen LogP contribution >= 0.6 is 0 Å². The molecular weight excluding hydrogens is 276 g/mol. The van der Waals surface area contributed by atoms with E-state index in [0.29, 0.717) is 6.54 Å². The average Bonchev–Trinajstić information content (AvgIpc) is 2.91. The van der Waals surface area contributed by atoms with Crippen molar-refractivity contribution in [3.63, 3.8) is 0 Å². The number of hydrogen-bond donors (Lipinski definition) is 1. The maximum absolute atomic E-state index is 12.3. The van der Waals surface area contributed by atoms with Crippen molar-refractivity contribution < 1.29 is 9.59 Å². The second kappa shape index (κ2) is 6.02. The van der Waals surface area contributed by atoms with Crippen molar-refractivity contribution in [2.75, 3.05) is 16.8 Å². The molecule has 4 nitrogen and oxygen atoms in total. The quantitative estimate of drug-likeness (QED) is 0.946. The highest BCUT2D eigenvalue weighted by Gasteiger charge is 2.35. The fourth-order valence-corrected chi connectivity index (χ4v) is 2.75. The van der Waals surface area contributed by atoms with Gasteiger partial charge in [0.2, 0.25) is 11.8 Å². The lowest BCUT2D eigenvalue weighted by Crippen LogP contribution is -2.28. The van der Waals surface area contributed by atoms with E-state index in [4.69, 9.17) is 0 Å². The van der Waals surface area contributed by atoms with Crippen LogP contribution in [0.25, 0.3) is 0 Å². The first-order chi connectivity index (χ1) is 10.6. The SMILES string of the molecule is Cc1ccccc1N1C[C@H](C(=O)Nc2ccccc2)CC1=O. The topological polar surface area (TPSA) is 49.4 Å². The van der Waals surface area contributed by atoms with Crippen LogP contribution in [0.4, 0.5) is 11.4 Å². The maximum Gasteiger partial charge on any atom is 0.229 e. The molecule has 1 fully saturated rings. The molecule has 1 atom stereocenters. The van der Waals surface area contributed by atoms with E-state index in [-0.39, 0.29) is 24.2 Å². The summed E-state index contributed by atoms with van der Waals surface area (Å²) in [6, 6.07) is 17.1. The van der Waals surface area contributed by atoms with Gasteiger partial charge in [-0.2, -0.15) is 0 Å². The summed E-state index contributed by atoms with van der Waals surface area (Å²) < 4.78 is 0. The molecule has 0 bridgehead atoms. The van der Waals surface area contributed by atoms with Crippen LogP contribution in [0.15, 0.2) is 54.6 Å². The second-order valence-electron chi connectivity index (χ2n) is 5.55. The molecule has 2 aromatic rings. The van der Waals surface area contributed by atoms with Gasteiger partial charge in [0.05, 0.1) is 5.92 Å². The Morgan fingerprint density at radius 3 is 2.50 bits per heavy atom. The molecule has 3 rings (SSSR count). The summed E-state index contributed by atoms with van der Waals surface area (Å²) in [6.07, 6.45) is 0.257. The smallest absolute Gasteiger partial charge is 0.229 e. The van der Waals surface area contributed by atoms with Crippen molar-refractivity contribution in [1.82, 2.24) is 0 Å². The molecule has 1 saturated heterocycles. The van der Waals surface area contributed by atoms with Crippen molar-refractivity contribution in [2.24, 2.45) is 5.92 Å². The third-order valence-electron chi connectivity index (χ3n) is 3.94. The minimum atomic E-state index is -0.313. The van der Waals surface area contributed by atoms with Crippen LogP contribution in [0.2, 0.25) is 0 Å². The van der Waals surface area contributed by atoms with E-state index >= 15 is 0 Å². The molecular formula is C18H18N2O2. The van der Waals surface area contributed by atoms with E-state index in [1.165, 1.54) is 0 Å². The van der Waals surface area contributed by atoms with E-state index in [0.717, 1.165) is 16.9 Å². The lowest BCUT2D eigenvalue weighted by atomic mass is 10.1. The van der Waals surface area contributed by atoms with E-state index in [1.54, 1.807) is 4.90 Å². The third-order valence-corrected chi connectivity index (χ3v) is 3.94. The predicted molar refractivity (Wildman–Crippen MR) is 86.7 cm³/mol. The van der Waals surface area contributed by atoms with E-state index in [1.807, 2.05) is 61.5 Å². The molecule has 0 aliphatic carbocycles. The molecule has 0 saturated carbocycles. The zero-order valence-electron chi connectivity index (χ0n) is 12.5. The molecule has 1 heterocycles. The Morgan fingerprint density at radius 2 is 1.77 bits per heavy atom. The molecule has 1 aliphatic heterocycles. The third kappa shape index (κ3) is 2.86. The number of carbonyl (C=O) groups excluding carboxylic acids is 2. The minimum absolute atomic E-state index is 0.00233. The second-order valence-corrected chi connectivity index (χ2v) is 5.55. The van der Waals surface area contributed by atoms with Gasteiger partial charge in [-0.15, -0.1) is 0 Å².